The van der Waals surface area contributed by atoms with Gasteiger partial charge in [-0.15, -0.1) is 11.3 Å². The Labute approximate surface area is 229 Å². The molecule has 0 spiro atoms. The number of amides is 1. The SMILES string of the molecule is CCOc1ccc(-c2c(C)sc3ncn(CC(=O)Nc4ccc(S(=O)(=O)N5CCOCC5)cc4)c(=O)c23)cc1. The fraction of sp³-hybridized carbons (Fsp3) is 0.296. The van der Waals surface area contributed by atoms with Gasteiger partial charge in [-0.05, 0) is 55.8 Å². The van der Waals surface area contributed by atoms with E-state index in [4.69, 9.17) is 9.47 Å². The molecule has 1 saturated heterocycles. The number of thiophene rings is 1. The number of nitrogens with zero attached hydrogens (tertiary/aromatic N) is 3. The van der Waals surface area contributed by atoms with Gasteiger partial charge in [0.2, 0.25) is 15.9 Å². The second-order valence-corrected chi connectivity index (χ2v) is 12.1. The number of rotatable bonds is 8. The fourth-order valence-electron chi connectivity index (χ4n) is 4.48. The zero-order chi connectivity index (χ0) is 27.6. The molecule has 4 aromatic rings. The van der Waals surface area contributed by atoms with E-state index in [1.165, 1.54) is 50.8 Å². The molecule has 1 fully saturated rings. The van der Waals surface area contributed by atoms with Gasteiger partial charge in [0.1, 0.15) is 17.1 Å². The van der Waals surface area contributed by atoms with Crippen LogP contribution in [0.15, 0.2) is 64.5 Å². The highest BCUT2D eigenvalue weighted by Crippen LogP contribution is 2.36. The smallest absolute Gasteiger partial charge is 0.263 e. The number of anilines is 1. The summed E-state index contributed by atoms with van der Waals surface area (Å²) < 4.78 is 39.0. The first-order valence-electron chi connectivity index (χ1n) is 12.5. The minimum Gasteiger partial charge on any atom is -0.494 e. The number of ether oxygens (including phenoxy) is 2. The summed E-state index contributed by atoms with van der Waals surface area (Å²) in [5.41, 5.74) is 1.78. The molecule has 1 amide bonds. The van der Waals surface area contributed by atoms with Gasteiger partial charge in [0.15, 0.2) is 0 Å². The molecule has 204 valence electrons. The van der Waals surface area contributed by atoms with Crippen LogP contribution in [0.1, 0.15) is 11.8 Å². The summed E-state index contributed by atoms with van der Waals surface area (Å²) in [6, 6.07) is 13.5. The zero-order valence-corrected chi connectivity index (χ0v) is 23.2. The van der Waals surface area contributed by atoms with Gasteiger partial charge in [-0.2, -0.15) is 4.31 Å². The summed E-state index contributed by atoms with van der Waals surface area (Å²) in [6.45, 7) is 5.51. The summed E-state index contributed by atoms with van der Waals surface area (Å²) in [5, 5.41) is 3.19. The topological polar surface area (TPSA) is 120 Å². The average molecular weight is 569 g/mol. The van der Waals surface area contributed by atoms with Crippen LogP contribution in [0.25, 0.3) is 21.3 Å². The molecule has 0 saturated carbocycles. The van der Waals surface area contributed by atoms with Gasteiger partial charge in [-0.3, -0.25) is 14.2 Å². The van der Waals surface area contributed by atoms with Crippen LogP contribution in [0.3, 0.4) is 0 Å². The van der Waals surface area contributed by atoms with Gasteiger partial charge in [0.25, 0.3) is 5.56 Å². The lowest BCUT2D eigenvalue weighted by Gasteiger charge is -2.26. The number of aryl methyl sites for hydroxylation is 1. The molecule has 2 aromatic heterocycles. The average Bonchev–Trinajstić information content (AvgIpc) is 3.28. The van der Waals surface area contributed by atoms with Crippen LogP contribution < -0.4 is 15.6 Å². The highest BCUT2D eigenvalue weighted by atomic mass is 32.2. The second kappa shape index (κ2) is 11.3. The van der Waals surface area contributed by atoms with Crippen molar-refractivity contribution in [1.82, 2.24) is 13.9 Å². The number of carbonyl (C=O) groups excluding carboxylic acids is 1. The number of hydrogen-bond acceptors (Lipinski definition) is 8. The monoisotopic (exact) mass is 568 g/mol. The van der Waals surface area contributed by atoms with Gasteiger partial charge in [-0.1, -0.05) is 12.1 Å². The van der Waals surface area contributed by atoms with Crippen molar-refractivity contribution < 1.29 is 22.7 Å². The van der Waals surface area contributed by atoms with E-state index in [9.17, 15) is 18.0 Å². The molecular formula is C27H28N4O6S2. The Balaban J connectivity index is 1.34. The second-order valence-electron chi connectivity index (χ2n) is 8.94. The molecule has 1 N–H and O–H groups in total. The van der Waals surface area contributed by atoms with E-state index in [0.717, 1.165) is 21.8 Å². The summed E-state index contributed by atoms with van der Waals surface area (Å²) in [6.07, 6.45) is 1.38. The number of benzene rings is 2. The number of hydrogen-bond donors (Lipinski definition) is 1. The highest BCUT2D eigenvalue weighted by Gasteiger charge is 2.26. The van der Waals surface area contributed by atoms with Crippen molar-refractivity contribution in [2.24, 2.45) is 0 Å². The molecule has 39 heavy (non-hydrogen) atoms. The Hall–Kier alpha value is -3.58. The number of nitrogens with one attached hydrogen (secondary N) is 1. The number of sulfonamides is 1. The van der Waals surface area contributed by atoms with Crippen LogP contribution in [0.5, 0.6) is 5.75 Å². The van der Waals surface area contributed by atoms with E-state index in [2.05, 4.69) is 10.3 Å². The normalized spacial score (nSPS) is 14.4. The molecule has 0 unspecified atom stereocenters. The number of aromatic nitrogens is 2. The Morgan fingerprint density at radius 2 is 1.79 bits per heavy atom. The predicted octanol–water partition coefficient (Wildman–Crippen LogP) is 3.49. The van der Waals surface area contributed by atoms with Crippen LogP contribution in [0.4, 0.5) is 5.69 Å². The Kier molecular flexibility index (Phi) is 7.80. The third kappa shape index (κ3) is 5.59. The van der Waals surface area contributed by atoms with Crippen LogP contribution in [0.2, 0.25) is 0 Å². The minimum atomic E-state index is -3.63. The molecule has 0 bridgehead atoms. The third-order valence-electron chi connectivity index (χ3n) is 6.37. The predicted molar refractivity (Wildman–Crippen MR) is 150 cm³/mol. The van der Waals surface area contributed by atoms with Gasteiger partial charge >= 0.3 is 0 Å². The quantitative estimate of drug-likeness (QED) is 0.346. The largest absolute Gasteiger partial charge is 0.494 e. The summed E-state index contributed by atoms with van der Waals surface area (Å²) in [7, 11) is -3.63. The molecule has 0 aliphatic carbocycles. The molecule has 2 aromatic carbocycles. The lowest BCUT2D eigenvalue weighted by molar-refractivity contribution is -0.116. The number of morpholine rings is 1. The molecule has 5 rings (SSSR count). The Morgan fingerprint density at radius 1 is 1.10 bits per heavy atom. The van der Waals surface area contributed by atoms with E-state index in [1.807, 2.05) is 38.1 Å². The van der Waals surface area contributed by atoms with E-state index in [-0.39, 0.29) is 17.0 Å². The van der Waals surface area contributed by atoms with Crippen molar-refractivity contribution >= 4 is 43.2 Å². The molecule has 10 nitrogen and oxygen atoms in total. The zero-order valence-electron chi connectivity index (χ0n) is 21.5. The standard InChI is InChI=1S/C27H28N4O6S2/c1-3-37-21-8-4-19(5-9-21)24-18(2)38-26-25(24)27(33)30(17-28-26)16-23(32)29-20-6-10-22(11-7-20)39(34,35)31-12-14-36-15-13-31/h4-11,17H,3,12-16H2,1-2H3,(H,29,32). The molecule has 0 radical (unpaired) electrons. The van der Waals surface area contributed by atoms with Gasteiger partial charge in [-0.25, -0.2) is 13.4 Å². The maximum atomic E-state index is 13.4. The van der Waals surface area contributed by atoms with Crippen LogP contribution in [-0.2, 0) is 26.1 Å². The lowest BCUT2D eigenvalue weighted by atomic mass is 10.0. The molecule has 0 atom stereocenters. The Bertz CT molecular complexity index is 1660. The molecule has 1 aliphatic heterocycles. The maximum Gasteiger partial charge on any atom is 0.263 e. The van der Waals surface area contributed by atoms with E-state index in [1.54, 1.807) is 0 Å². The van der Waals surface area contributed by atoms with E-state index < -0.39 is 15.9 Å². The Morgan fingerprint density at radius 3 is 2.46 bits per heavy atom. The van der Waals surface area contributed by atoms with Crippen molar-refractivity contribution in [1.29, 1.82) is 0 Å². The summed E-state index contributed by atoms with van der Waals surface area (Å²) in [5.74, 6) is 0.314. The molecule has 12 heteroatoms. The third-order valence-corrected chi connectivity index (χ3v) is 9.29. The molecule has 3 heterocycles. The summed E-state index contributed by atoms with van der Waals surface area (Å²) in [4.78, 5) is 32.4. The van der Waals surface area contributed by atoms with Crippen LogP contribution in [0, 0.1) is 6.92 Å². The summed E-state index contributed by atoms with van der Waals surface area (Å²) >= 11 is 1.43. The van der Waals surface area contributed by atoms with Crippen LogP contribution >= 0.6 is 11.3 Å². The van der Waals surface area contributed by atoms with E-state index >= 15 is 0 Å². The minimum absolute atomic E-state index is 0.142. The fourth-order valence-corrected chi connectivity index (χ4v) is 6.89. The van der Waals surface area contributed by atoms with Gasteiger partial charge in [0, 0.05) is 29.2 Å². The first-order valence-corrected chi connectivity index (χ1v) is 14.7. The maximum absolute atomic E-state index is 13.4. The van der Waals surface area contributed by atoms with Crippen LogP contribution in [-0.4, -0.2) is 61.1 Å². The molecule has 1 aliphatic rings. The lowest BCUT2D eigenvalue weighted by Crippen LogP contribution is -2.40. The first-order chi connectivity index (χ1) is 18.8. The van der Waals surface area contributed by atoms with Crippen molar-refractivity contribution in [3.05, 3.63) is 70.1 Å². The first kappa shape index (κ1) is 27.0. The van der Waals surface area contributed by atoms with Crippen molar-refractivity contribution in [2.75, 3.05) is 38.2 Å². The number of fused-ring (bicyclic) bond motifs is 1. The van der Waals surface area contributed by atoms with E-state index in [0.29, 0.717) is 48.8 Å². The van der Waals surface area contributed by atoms with Gasteiger partial charge < -0.3 is 14.8 Å². The van der Waals surface area contributed by atoms with Crippen molar-refractivity contribution in [3.8, 4) is 16.9 Å². The van der Waals surface area contributed by atoms with Gasteiger partial charge in [0.05, 0.1) is 36.4 Å². The number of carbonyl (C=O) groups is 1. The molecular weight excluding hydrogens is 540 g/mol. The highest BCUT2D eigenvalue weighted by molar-refractivity contribution is 7.89. The van der Waals surface area contributed by atoms with Crippen molar-refractivity contribution in [3.63, 3.8) is 0 Å². The van der Waals surface area contributed by atoms with Crippen molar-refractivity contribution in [2.45, 2.75) is 25.3 Å².